The Morgan fingerprint density at radius 2 is 2.18 bits per heavy atom. The molecule has 0 saturated heterocycles. The van der Waals surface area contributed by atoms with Gasteiger partial charge in [-0.25, -0.2) is 0 Å². The molecule has 0 aliphatic carbocycles. The fourth-order valence-corrected chi connectivity index (χ4v) is 0.456. The van der Waals surface area contributed by atoms with Crippen molar-refractivity contribution >= 4 is 18.0 Å². The summed E-state index contributed by atoms with van der Waals surface area (Å²) in [5.41, 5.74) is 7.89. The molecule has 0 aliphatic rings. The fourth-order valence-electron chi connectivity index (χ4n) is 0.456. The molecule has 5 heteroatoms. The number of esters is 1. The number of ether oxygens (including phenoxy) is 1. The van der Waals surface area contributed by atoms with Crippen molar-refractivity contribution in [1.29, 1.82) is 0 Å². The van der Waals surface area contributed by atoms with Gasteiger partial charge in [-0.3, -0.25) is 9.59 Å². The lowest BCUT2D eigenvalue weighted by Crippen LogP contribution is -2.06. The molecule has 5 nitrogen and oxygen atoms in total. The average molecular weight is 156 g/mol. The number of hydrogen-bond acceptors (Lipinski definition) is 3. The first-order valence-electron chi connectivity index (χ1n) is 2.97. The molecule has 0 atom stereocenters. The predicted molar refractivity (Wildman–Crippen MR) is 35.9 cm³/mol. The Morgan fingerprint density at radius 1 is 1.55 bits per heavy atom. The number of carbonyl (C=O) groups is 2. The van der Waals surface area contributed by atoms with Crippen molar-refractivity contribution < 1.29 is 19.1 Å². The summed E-state index contributed by atoms with van der Waals surface area (Å²) in [6.45, 7) is 0. The van der Waals surface area contributed by atoms with Crippen molar-refractivity contribution in [2.75, 3.05) is 7.11 Å². The molecule has 0 N–H and O–H groups in total. The molecule has 11 heavy (non-hydrogen) atoms. The lowest BCUT2D eigenvalue weighted by atomic mass is 10.2. The van der Waals surface area contributed by atoms with Gasteiger partial charge in [-0.15, -0.1) is 0 Å². The molecule has 0 aromatic rings. The summed E-state index contributed by atoms with van der Waals surface area (Å²) in [5.74, 6) is -0.859. The molecule has 0 aromatic carbocycles. The first-order chi connectivity index (χ1) is 5.20. The number of methoxy groups -OCH3 is 1. The topological polar surface area (TPSA) is 79.8 Å². The maximum atomic E-state index is 10.5. The van der Waals surface area contributed by atoms with Gasteiger partial charge >= 0.3 is 12.2 Å². The van der Waals surface area contributed by atoms with Crippen LogP contribution in [0.1, 0.15) is 12.8 Å². The van der Waals surface area contributed by atoms with Gasteiger partial charge in [-0.1, -0.05) is 0 Å². The molecule has 0 radical (unpaired) electrons. The minimum Gasteiger partial charge on any atom is -0.469 e. The smallest absolute Gasteiger partial charge is 0.323 e. The van der Waals surface area contributed by atoms with E-state index in [2.05, 4.69) is 9.53 Å². The zero-order valence-electron chi connectivity index (χ0n) is 6.11. The van der Waals surface area contributed by atoms with E-state index in [0.29, 0.717) is 0 Å². The molecule has 0 bridgehead atoms. The third-order valence-electron chi connectivity index (χ3n) is 1.00. The Balaban J connectivity index is 3.62. The SMILES string of the molecule is COC(=O)CCC(=O)C=[N+]=[N-]. The second-order valence-electron chi connectivity index (χ2n) is 1.79. The van der Waals surface area contributed by atoms with Crippen molar-refractivity contribution in [3.63, 3.8) is 0 Å². The van der Waals surface area contributed by atoms with Crippen LogP contribution in [0.4, 0.5) is 0 Å². The fraction of sp³-hybridized carbons (Fsp3) is 0.500. The van der Waals surface area contributed by atoms with Crippen LogP contribution in [0, 0.1) is 0 Å². The van der Waals surface area contributed by atoms with Gasteiger partial charge in [0.25, 0.3) is 0 Å². The zero-order valence-corrected chi connectivity index (χ0v) is 6.11. The number of nitrogens with zero attached hydrogens (tertiary/aromatic N) is 2. The Bertz CT molecular complexity index is 206. The predicted octanol–water partition coefficient (Wildman–Crippen LogP) is -0.191. The Hall–Kier alpha value is -1.48. The monoisotopic (exact) mass is 156 g/mol. The van der Waals surface area contributed by atoms with Gasteiger partial charge in [-0.05, 0) is 0 Å². The van der Waals surface area contributed by atoms with Gasteiger partial charge in [0.15, 0.2) is 0 Å². The van der Waals surface area contributed by atoms with E-state index in [1.807, 2.05) is 0 Å². The van der Waals surface area contributed by atoms with Gasteiger partial charge in [-0.2, -0.15) is 4.79 Å². The lowest BCUT2D eigenvalue weighted by molar-refractivity contribution is -0.141. The second-order valence-corrected chi connectivity index (χ2v) is 1.79. The van der Waals surface area contributed by atoms with Gasteiger partial charge in [0.1, 0.15) is 0 Å². The summed E-state index contributed by atoms with van der Waals surface area (Å²) in [7, 11) is 1.24. The molecule has 0 unspecified atom stereocenters. The first-order valence-corrected chi connectivity index (χ1v) is 2.97. The molecule has 0 heterocycles. The summed E-state index contributed by atoms with van der Waals surface area (Å²) >= 11 is 0. The number of Topliss-reactive ketones (excluding diaryl/α,β-unsaturated/α-hetero) is 1. The lowest BCUT2D eigenvalue weighted by Gasteiger charge is -1.92. The van der Waals surface area contributed by atoms with Crippen molar-refractivity contribution in [1.82, 2.24) is 0 Å². The summed E-state index contributed by atoms with van der Waals surface area (Å²) in [4.78, 5) is 23.5. The standard InChI is InChI=1S/C6H8N2O3/c1-11-6(10)3-2-5(9)4-8-7/h4H,2-3H2,1H3. The van der Waals surface area contributed by atoms with Crippen molar-refractivity contribution in [2.45, 2.75) is 12.8 Å². The molecular formula is C6H8N2O3. The van der Waals surface area contributed by atoms with E-state index in [4.69, 9.17) is 5.53 Å². The van der Waals surface area contributed by atoms with Crippen LogP contribution in [0.2, 0.25) is 0 Å². The largest absolute Gasteiger partial charge is 0.469 e. The highest BCUT2D eigenvalue weighted by Crippen LogP contribution is 1.90. The van der Waals surface area contributed by atoms with Crippen LogP contribution in [-0.4, -0.2) is 29.9 Å². The second kappa shape index (κ2) is 5.32. The van der Waals surface area contributed by atoms with Crippen molar-refractivity contribution in [3.05, 3.63) is 5.53 Å². The van der Waals surface area contributed by atoms with Gasteiger partial charge in [0.2, 0.25) is 5.78 Å². The van der Waals surface area contributed by atoms with Gasteiger partial charge in [0.05, 0.1) is 13.5 Å². The number of hydrogen-bond donors (Lipinski definition) is 0. The highest BCUT2D eigenvalue weighted by Gasteiger charge is 2.06. The van der Waals surface area contributed by atoms with Crippen LogP contribution in [0.15, 0.2) is 0 Å². The van der Waals surface area contributed by atoms with Crippen LogP contribution >= 0.6 is 0 Å². The van der Waals surface area contributed by atoms with E-state index in [-0.39, 0.29) is 12.8 Å². The van der Waals surface area contributed by atoms with Crippen molar-refractivity contribution in [2.24, 2.45) is 0 Å². The Morgan fingerprint density at radius 3 is 2.64 bits per heavy atom. The first kappa shape index (κ1) is 9.52. The number of ketones is 1. The highest BCUT2D eigenvalue weighted by molar-refractivity contribution is 6.25. The number of carbonyl (C=O) groups excluding carboxylic acids is 2. The molecule has 0 fully saturated rings. The highest BCUT2D eigenvalue weighted by atomic mass is 16.5. The molecule has 60 valence electrons. The third kappa shape index (κ3) is 4.99. The normalized spacial score (nSPS) is 8.09. The average Bonchev–Trinajstić information content (AvgIpc) is 2.01. The third-order valence-corrected chi connectivity index (χ3v) is 1.00. The van der Waals surface area contributed by atoms with Crippen LogP contribution < -0.4 is 0 Å². The summed E-state index contributed by atoms with van der Waals surface area (Å²) in [6, 6.07) is 0. The van der Waals surface area contributed by atoms with Gasteiger partial charge < -0.3 is 10.3 Å². The zero-order chi connectivity index (χ0) is 8.69. The molecule has 0 saturated carbocycles. The molecule has 0 aromatic heterocycles. The minimum atomic E-state index is -0.454. The van der Waals surface area contributed by atoms with Crippen molar-refractivity contribution in [3.8, 4) is 0 Å². The van der Waals surface area contributed by atoms with E-state index in [1.54, 1.807) is 0 Å². The van der Waals surface area contributed by atoms with Crippen LogP contribution in [0.3, 0.4) is 0 Å². The van der Waals surface area contributed by atoms with Gasteiger partial charge in [0, 0.05) is 6.42 Å². The summed E-state index contributed by atoms with van der Waals surface area (Å²) < 4.78 is 4.28. The maximum Gasteiger partial charge on any atom is 0.323 e. The van der Waals surface area contributed by atoms with E-state index in [0.717, 1.165) is 6.21 Å². The van der Waals surface area contributed by atoms with Crippen LogP contribution in [0.25, 0.3) is 5.53 Å². The summed E-state index contributed by atoms with van der Waals surface area (Å²) in [6.07, 6.45) is 0.779. The molecule has 0 aliphatic heterocycles. The maximum absolute atomic E-state index is 10.5. The van der Waals surface area contributed by atoms with E-state index in [1.165, 1.54) is 7.11 Å². The van der Waals surface area contributed by atoms with E-state index in [9.17, 15) is 9.59 Å². The van der Waals surface area contributed by atoms with E-state index >= 15 is 0 Å². The van der Waals surface area contributed by atoms with Crippen LogP contribution in [0.5, 0.6) is 0 Å². The molecule has 0 rings (SSSR count). The van der Waals surface area contributed by atoms with Crippen LogP contribution in [-0.2, 0) is 14.3 Å². The quantitative estimate of drug-likeness (QED) is 0.245. The number of rotatable bonds is 4. The Labute approximate surface area is 63.6 Å². The minimum absolute atomic E-state index is 0.0106. The molecule has 0 spiro atoms. The Kier molecular flexibility index (Phi) is 4.60. The molecular weight excluding hydrogens is 148 g/mol. The summed E-state index contributed by atoms with van der Waals surface area (Å²) in [5, 5.41) is 0. The van der Waals surface area contributed by atoms with E-state index < -0.39 is 11.8 Å². The molecule has 0 amide bonds.